The minimum absolute atomic E-state index is 0.111. The number of imidazole rings is 1. The number of nitrogens with zero attached hydrogens (tertiary/aromatic N) is 5. The maximum absolute atomic E-state index is 11.8. The second kappa shape index (κ2) is 6.86. The van der Waals surface area contributed by atoms with Crippen LogP contribution in [0, 0.1) is 5.92 Å². The molecule has 1 unspecified atom stereocenters. The van der Waals surface area contributed by atoms with Crippen molar-refractivity contribution in [1.82, 2.24) is 35.0 Å². The number of aromatic nitrogens is 6. The molecule has 0 bridgehead atoms. The van der Waals surface area contributed by atoms with Gasteiger partial charge in [-0.2, -0.15) is 15.1 Å². The molecule has 10 nitrogen and oxygen atoms in total. The van der Waals surface area contributed by atoms with Crippen LogP contribution in [-0.4, -0.2) is 48.7 Å². The van der Waals surface area contributed by atoms with E-state index in [4.69, 9.17) is 0 Å². The zero-order chi connectivity index (χ0) is 19.0. The second-order valence-electron chi connectivity index (χ2n) is 6.89. The normalized spacial score (nSPS) is 16.1. The predicted octanol–water partition coefficient (Wildman–Crippen LogP) is 1.81. The van der Waals surface area contributed by atoms with E-state index in [0.717, 1.165) is 5.52 Å². The third-order valence-electron chi connectivity index (χ3n) is 4.85. The summed E-state index contributed by atoms with van der Waals surface area (Å²) in [6.07, 6.45) is 7.49. The van der Waals surface area contributed by atoms with Crippen molar-refractivity contribution in [2.45, 2.75) is 38.8 Å². The molecule has 4 rings (SSSR count). The van der Waals surface area contributed by atoms with Crippen molar-refractivity contribution in [3.05, 3.63) is 18.7 Å². The van der Waals surface area contributed by atoms with Crippen molar-refractivity contribution in [2.24, 2.45) is 5.92 Å². The third-order valence-corrected chi connectivity index (χ3v) is 4.85. The van der Waals surface area contributed by atoms with Crippen molar-refractivity contribution in [1.29, 1.82) is 0 Å². The van der Waals surface area contributed by atoms with Crippen LogP contribution in [-0.2, 0) is 4.79 Å². The summed E-state index contributed by atoms with van der Waals surface area (Å²) in [5.74, 6) is 1.72. The summed E-state index contributed by atoms with van der Waals surface area (Å²) in [5.41, 5.74) is 2.08. The van der Waals surface area contributed by atoms with E-state index in [2.05, 4.69) is 47.9 Å². The van der Waals surface area contributed by atoms with E-state index in [1.165, 1.54) is 12.8 Å². The first-order valence-electron chi connectivity index (χ1n) is 9.05. The molecule has 0 saturated heterocycles. The van der Waals surface area contributed by atoms with Gasteiger partial charge in [0.1, 0.15) is 11.6 Å². The average Bonchev–Trinajstić information content (AvgIpc) is 3.24. The number of likely N-dealkylation sites (N-methyl/N-ethyl adjacent to an activating group) is 1. The molecule has 1 amide bonds. The lowest BCUT2D eigenvalue weighted by molar-refractivity contribution is -0.123. The van der Waals surface area contributed by atoms with Gasteiger partial charge in [-0.05, 0) is 32.6 Å². The monoisotopic (exact) mass is 369 g/mol. The fraction of sp³-hybridized carbons (Fsp3) is 0.471. The number of amides is 1. The van der Waals surface area contributed by atoms with E-state index in [1.807, 2.05) is 0 Å². The molecule has 142 valence electrons. The molecule has 1 aliphatic rings. The first-order chi connectivity index (χ1) is 13.0. The number of hydrogen-bond acceptors (Lipinski definition) is 7. The number of anilines is 3. The summed E-state index contributed by atoms with van der Waals surface area (Å²) in [6, 6.07) is -0.0676. The zero-order valence-electron chi connectivity index (χ0n) is 15.5. The number of rotatable bonds is 7. The molecule has 0 aromatic carbocycles. The molecule has 1 aliphatic carbocycles. The molecule has 4 N–H and O–H groups in total. The minimum atomic E-state index is -0.404. The highest BCUT2D eigenvalue weighted by molar-refractivity contribution is 5.84. The quantitative estimate of drug-likeness (QED) is 0.500. The molecule has 3 aromatic heterocycles. The minimum Gasteiger partial charge on any atom is -0.365 e. The summed E-state index contributed by atoms with van der Waals surface area (Å²) in [4.78, 5) is 28.2. The van der Waals surface area contributed by atoms with E-state index >= 15 is 0 Å². The van der Waals surface area contributed by atoms with E-state index in [-0.39, 0.29) is 5.91 Å². The lowest BCUT2D eigenvalue weighted by Crippen LogP contribution is -2.27. The molecule has 27 heavy (non-hydrogen) atoms. The molecule has 3 aromatic rings. The molecule has 1 saturated carbocycles. The summed E-state index contributed by atoms with van der Waals surface area (Å²) >= 11 is 0. The number of H-pyrrole nitrogens is 1. The molecule has 1 fully saturated rings. The summed E-state index contributed by atoms with van der Waals surface area (Å²) in [6.45, 7) is 3.94. The zero-order valence-corrected chi connectivity index (χ0v) is 15.5. The Morgan fingerprint density at radius 3 is 2.89 bits per heavy atom. The Bertz CT molecular complexity index is 958. The van der Waals surface area contributed by atoms with Crippen LogP contribution in [0.15, 0.2) is 18.7 Å². The Morgan fingerprint density at radius 1 is 1.33 bits per heavy atom. The topological polar surface area (TPSA) is 125 Å². The van der Waals surface area contributed by atoms with Gasteiger partial charge in [-0.3, -0.25) is 9.48 Å². The molecule has 0 spiro atoms. The lowest BCUT2D eigenvalue weighted by Gasteiger charge is -2.14. The van der Waals surface area contributed by atoms with Gasteiger partial charge >= 0.3 is 0 Å². The molecule has 10 heteroatoms. The fourth-order valence-corrected chi connectivity index (χ4v) is 2.99. The molecule has 3 heterocycles. The Morgan fingerprint density at radius 2 is 2.15 bits per heavy atom. The molecular weight excluding hydrogens is 346 g/mol. The van der Waals surface area contributed by atoms with Crippen LogP contribution < -0.4 is 16.0 Å². The van der Waals surface area contributed by atoms with Crippen LogP contribution in [0.3, 0.4) is 0 Å². The average molecular weight is 369 g/mol. The fourth-order valence-electron chi connectivity index (χ4n) is 2.99. The van der Waals surface area contributed by atoms with Crippen molar-refractivity contribution < 1.29 is 4.79 Å². The first-order valence-corrected chi connectivity index (χ1v) is 9.05. The van der Waals surface area contributed by atoms with Crippen molar-refractivity contribution in [3.8, 4) is 0 Å². The van der Waals surface area contributed by atoms with Gasteiger partial charge in [-0.1, -0.05) is 0 Å². The summed E-state index contributed by atoms with van der Waals surface area (Å²) in [7, 11) is 1.60. The Kier molecular flexibility index (Phi) is 4.38. The van der Waals surface area contributed by atoms with E-state index in [0.29, 0.717) is 35.1 Å². The van der Waals surface area contributed by atoms with E-state index in [1.54, 1.807) is 37.4 Å². The predicted molar refractivity (Wildman–Crippen MR) is 102 cm³/mol. The van der Waals surface area contributed by atoms with Crippen molar-refractivity contribution in [2.75, 3.05) is 17.7 Å². The van der Waals surface area contributed by atoms with Gasteiger partial charge in [-0.15, -0.1) is 0 Å². The van der Waals surface area contributed by atoms with Gasteiger partial charge in [0.05, 0.1) is 18.2 Å². The van der Waals surface area contributed by atoms with E-state index < -0.39 is 6.04 Å². The van der Waals surface area contributed by atoms with Crippen molar-refractivity contribution >= 4 is 34.5 Å². The van der Waals surface area contributed by atoms with Crippen LogP contribution in [0.2, 0.25) is 0 Å². The van der Waals surface area contributed by atoms with Crippen LogP contribution in [0.5, 0.6) is 0 Å². The largest absolute Gasteiger partial charge is 0.365 e. The Labute approximate surface area is 156 Å². The number of aromatic amines is 1. The van der Waals surface area contributed by atoms with Gasteiger partial charge < -0.3 is 20.9 Å². The second-order valence-corrected chi connectivity index (χ2v) is 6.89. The smallest absolute Gasteiger partial charge is 0.244 e. The summed E-state index contributed by atoms with van der Waals surface area (Å²) < 4.78 is 1.59. The van der Waals surface area contributed by atoms with Gasteiger partial charge in [0.15, 0.2) is 11.5 Å². The van der Waals surface area contributed by atoms with Crippen LogP contribution in [0.1, 0.15) is 32.7 Å². The van der Waals surface area contributed by atoms with Gasteiger partial charge in [0.25, 0.3) is 0 Å². The molecule has 2 atom stereocenters. The Hall–Kier alpha value is -3.17. The van der Waals surface area contributed by atoms with Crippen molar-refractivity contribution in [3.63, 3.8) is 0 Å². The van der Waals surface area contributed by atoms with Gasteiger partial charge in [-0.25, -0.2) is 4.98 Å². The number of carbonyl (C=O) groups is 1. The Balaban J connectivity index is 1.57. The molecule has 0 aliphatic heterocycles. The van der Waals surface area contributed by atoms with Gasteiger partial charge in [0.2, 0.25) is 11.9 Å². The third kappa shape index (κ3) is 3.55. The highest BCUT2D eigenvalue weighted by Crippen LogP contribution is 2.34. The highest BCUT2D eigenvalue weighted by Gasteiger charge is 2.28. The number of fused-ring (bicyclic) bond motifs is 1. The number of hydrogen-bond donors (Lipinski definition) is 4. The summed E-state index contributed by atoms with van der Waals surface area (Å²) in [5, 5.41) is 13.5. The number of carbonyl (C=O) groups excluding carboxylic acids is 1. The molecular formula is C17H23N9O. The van der Waals surface area contributed by atoms with E-state index in [9.17, 15) is 4.79 Å². The number of nitrogens with one attached hydrogen (secondary N) is 4. The highest BCUT2D eigenvalue weighted by atomic mass is 16.2. The standard InChI is InChI=1S/C17H23N9O/c1-9(11-4-5-11)22-15-13-14(20-8-19-13)24-17(25-15)23-12-6-21-26(7-12)10(2)16(27)18-3/h6-11H,4-5H2,1-3H3,(H,18,27)(H3,19,20,22,23,24,25)/t9-,10?/m0/s1. The maximum Gasteiger partial charge on any atom is 0.244 e. The molecule has 0 radical (unpaired) electrons. The van der Waals surface area contributed by atoms with Crippen LogP contribution >= 0.6 is 0 Å². The van der Waals surface area contributed by atoms with Gasteiger partial charge in [0, 0.05) is 19.3 Å². The SMILES string of the molecule is CNC(=O)C(C)n1cc(Nc2nc(N[C@@H](C)C3CC3)c3nc[nH]c3n2)cn1. The lowest BCUT2D eigenvalue weighted by atomic mass is 10.2. The maximum atomic E-state index is 11.8. The first kappa shape index (κ1) is 17.3. The van der Waals surface area contributed by atoms with Crippen LogP contribution in [0.25, 0.3) is 11.2 Å². The van der Waals surface area contributed by atoms with Crippen LogP contribution in [0.4, 0.5) is 17.5 Å².